The van der Waals surface area contributed by atoms with Gasteiger partial charge >= 0.3 is 0 Å². The highest BCUT2D eigenvalue weighted by molar-refractivity contribution is 7.90. The van der Waals surface area contributed by atoms with Gasteiger partial charge in [0.25, 0.3) is 0 Å². The molecule has 0 amide bonds. The van der Waals surface area contributed by atoms with Crippen molar-refractivity contribution in [1.29, 1.82) is 0 Å². The fraction of sp³-hybridized carbons (Fsp3) is 0.176. The number of aromatic nitrogens is 2. The zero-order chi connectivity index (χ0) is 20.5. The molecule has 0 saturated carbocycles. The minimum atomic E-state index is -3.87. The Kier molecular flexibility index (Phi) is 5.57. The predicted molar refractivity (Wildman–Crippen MR) is 103 cm³/mol. The summed E-state index contributed by atoms with van der Waals surface area (Å²) >= 11 is 5.94. The Balaban J connectivity index is 1.79. The van der Waals surface area contributed by atoms with Gasteiger partial charge in [-0.05, 0) is 36.4 Å². The van der Waals surface area contributed by atoms with Gasteiger partial charge in [-0.1, -0.05) is 28.9 Å². The van der Waals surface area contributed by atoms with Gasteiger partial charge in [-0.2, -0.15) is 9.29 Å². The molecule has 11 heteroatoms. The lowest BCUT2D eigenvalue weighted by atomic mass is 10.2. The third-order valence-electron chi connectivity index (χ3n) is 3.87. The first-order valence-electron chi connectivity index (χ1n) is 7.92. The maximum Gasteiger partial charge on any atom is 0.243 e. The lowest BCUT2D eigenvalue weighted by molar-refractivity contribution is 0.337. The van der Waals surface area contributed by atoms with Crippen molar-refractivity contribution in [3.63, 3.8) is 0 Å². The second-order valence-corrected chi connectivity index (χ2v) is 10.5. The number of hydrogen-bond acceptors (Lipinski definition) is 7. The summed E-state index contributed by atoms with van der Waals surface area (Å²) in [5, 5.41) is 4.36. The Labute approximate surface area is 167 Å². The summed E-state index contributed by atoms with van der Waals surface area (Å²) in [5.74, 6) is 0.398. The Morgan fingerprint density at radius 2 is 1.68 bits per heavy atom. The third kappa shape index (κ3) is 4.41. The lowest BCUT2D eigenvalue weighted by Crippen LogP contribution is -2.26. The summed E-state index contributed by atoms with van der Waals surface area (Å²) in [6.07, 6.45) is 1.05. The molecule has 0 spiro atoms. The number of halogens is 1. The Morgan fingerprint density at radius 1 is 1.04 bits per heavy atom. The molecular formula is C17H16ClN3O5S2. The van der Waals surface area contributed by atoms with E-state index in [-0.39, 0.29) is 22.2 Å². The summed E-state index contributed by atoms with van der Waals surface area (Å²) in [6, 6.07) is 11.9. The molecule has 0 N–H and O–H groups in total. The van der Waals surface area contributed by atoms with E-state index in [0.29, 0.717) is 16.4 Å². The largest absolute Gasteiger partial charge is 0.338 e. The van der Waals surface area contributed by atoms with E-state index in [2.05, 4.69) is 10.1 Å². The van der Waals surface area contributed by atoms with Crippen LogP contribution in [0.5, 0.6) is 0 Å². The highest BCUT2D eigenvalue weighted by Crippen LogP contribution is 2.22. The van der Waals surface area contributed by atoms with Gasteiger partial charge in [0.15, 0.2) is 9.84 Å². The quantitative estimate of drug-likeness (QED) is 0.578. The number of hydrogen-bond donors (Lipinski definition) is 0. The average Bonchev–Trinajstić information content (AvgIpc) is 3.09. The van der Waals surface area contributed by atoms with Gasteiger partial charge in [0.1, 0.15) is 0 Å². The molecule has 0 aliphatic carbocycles. The van der Waals surface area contributed by atoms with Crippen LogP contribution < -0.4 is 0 Å². The van der Waals surface area contributed by atoms with Gasteiger partial charge in [0.05, 0.1) is 16.3 Å². The van der Waals surface area contributed by atoms with Crippen LogP contribution in [0.1, 0.15) is 5.89 Å². The molecule has 0 radical (unpaired) electrons. The summed E-state index contributed by atoms with van der Waals surface area (Å²) in [5.41, 5.74) is 0.643. The topological polar surface area (TPSA) is 110 Å². The van der Waals surface area contributed by atoms with E-state index in [9.17, 15) is 16.8 Å². The molecule has 3 aromatic rings. The van der Waals surface area contributed by atoms with Gasteiger partial charge in [0.2, 0.25) is 21.7 Å². The SMILES string of the molecule is CN(Cc1nc(-c2cccc(Cl)c2)no1)S(=O)(=O)c1ccc(S(C)(=O)=O)cc1. The molecule has 0 aliphatic heterocycles. The first-order chi connectivity index (χ1) is 13.1. The van der Waals surface area contributed by atoms with Crippen molar-refractivity contribution < 1.29 is 21.4 Å². The van der Waals surface area contributed by atoms with Crippen molar-refractivity contribution in [2.24, 2.45) is 0 Å². The van der Waals surface area contributed by atoms with Crippen LogP contribution in [0.3, 0.4) is 0 Å². The number of rotatable bonds is 6. The zero-order valence-corrected chi connectivity index (χ0v) is 17.3. The minimum Gasteiger partial charge on any atom is -0.338 e. The normalized spacial score (nSPS) is 12.4. The fourth-order valence-corrected chi connectivity index (χ4v) is 4.32. The van der Waals surface area contributed by atoms with E-state index in [1.165, 1.54) is 31.3 Å². The zero-order valence-electron chi connectivity index (χ0n) is 14.9. The maximum absolute atomic E-state index is 12.7. The van der Waals surface area contributed by atoms with Crippen LogP contribution in [0.2, 0.25) is 5.02 Å². The average molecular weight is 442 g/mol. The van der Waals surface area contributed by atoms with E-state index in [1.807, 2.05) is 0 Å². The fourth-order valence-electron chi connectivity index (χ4n) is 2.38. The number of benzene rings is 2. The number of sulfonamides is 1. The van der Waals surface area contributed by atoms with Crippen LogP contribution in [-0.4, -0.2) is 44.6 Å². The molecule has 2 aromatic carbocycles. The van der Waals surface area contributed by atoms with Crippen molar-refractivity contribution in [3.05, 3.63) is 59.4 Å². The molecule has 0 saturated heterocycles. The van der Waals surface area contributed by atoms with E-state index < -0.39 is 19.9 Å². The van der Waals surface area contributed by atoms with E-state index >= 15 is 0 Å². The highest BCUT2D eigenvalue weighted by atomic mass is 35.5. The predicted octanol–water partition coefficient (Wildman–Crippen LogP) is 2.61. The van der Waals surface area contributed by atoms with Gasteiger partial charge in [-0.25, -0.2) is 16.8 Å². The first kappa shape index (κ1) is 20.5. The molecule has 0 bridgehead atoms. The molecule has 0 aliphatic rings. The van der Waals surface area contributed by atoms with E-state index in [1.54, 1.807) is 24.3 Å². The first-order valence-corrected chi connectivity index (χ1v) is 11.6. The van der Waals surface area contributed by atoms with Crippen molar-refractivity contribution in [2.45, 2.75) is 16.3 Å². The van der Waals surface area contributed by atoms with Crippen LogP contribution in [-0.2, 0) is 26.4 Å². The monoisotopic (exact) mass is 441 g/mol. The molecule has 8 nitrogen and oxygen atoms in total. The van der Waals surface area contributed by atoms with Crippen molar-refractivity contribution in [3.8, 4) is 11.4 Å². The standard InChI is InChI=1S/C17H16ClN3O5S2/c1-21(28(24,25)15-8-6-14(7-9-15)27(2,22)23)11-16-19-17(20-26-16)12-4-3-5-13(18)10-12/h3-10H,11H2,1-2H3. The Morgan fingerprint density at radius 3 is 2.29 bits per heavy atom. The van der Waals surface area contributed by atoms with Crippen LogP contribution in [0, 0.1) is 0 Å². The third-order valence-corrected chi connectivity index (χ3v) is 7.05. The summed E-state index contributed by atoms with van der Waals surface area (Å²) < 4.78 is 54.6. The van der Waals surface area contributed by atoms with Crippen molar-refractivity contribution in [2.75, 3.05) is 13.3 Å². The van der Waals surface area contributed by atoms with Crippen LogP contribution in [0.15, 0.2) is 62.8 Å². The van der Waals surface area contributed by atoms with Gasteiger partial charge < -0.3 is 4.52 Å². The van der Waals surface area contributed by atoms with Crippen LogP contribution in [0.4, 0.5) is 0 Å². The number of nitrogens with zero attached hydrogens (tertiary/aromatic N) is 3. The Hall–Kier alpha value is -2.27. The van der Waals surface area contributed by atoms with Gasteiger partial charge in [0, 0.05) is 23.9 Å². The highest BCUT2D eigenvalue weighted by Gasteiger charge is 2.24. The molecule has 0 unspecified atom stereocenters. The van der Waals surface area contributed by atoms with E-state index in [4.69, 9.17) is 16.1 Å². The lowest BCUT2D eigenvalue weighted by Gasteiger charge is -2.15. The summed E-state index contributed by atoms with van der Waals surface area (Å²) in [6.45, 7) is -0.149. The second kappa shape index (κ2) is 7.63. The minimum absolute atomic E-state index is 0.0390. The molecule has 0 fully saturated rings. The van der Waals surface area contributed by atoms with Gasteiger partial charge in [-0.15, -0.1) is 0 Å². The summed E-state index contributed by atoms with van der Waals surface area (Å²) in [7, 11) is -5.92. The Bertz CT molecular complexity index is 1210. The molecule has 148 valence electrons. The van der Waals surface area contributed by atoms with E-state index in [0.717, 1.165) is 10.6 Å². The summed E-state index contributed by atoms with van der Waals surface area (Å²) in [4.78, 5) is 4.19. The maximum atomic E-state index is 12.7. The van der Waals surface area contributed by atoms with Gasteiger partial charge in [-0.3, -0.25) is 0 Å². The molecule has 1 aromatic heterocycles. The second-order valence-electron chi connectivity index (χ2n) is 6.03. The molecule has 1 heterocycles. The number of sulfone groups is 1. The van der Waals surface area contributed by atoms with Crippen molar-refractivity contribution in [1.82, 2.24) is 14.4 Å². The molecular weight excluding hydrogens is 426 g/mol. The van der Waals surface area contributed by atoms with Crippen LogP contribution >= 0.6 is 11.6 Å². The molecule has 28 heavy (non-hydrogen) atoms. The smallest absolute Gasteiger partial charge is 0.243 e. The molecule has 3 rings (SSSR count). The molecule has 0 atom stereocenters. The van der Waals surface area contributed by atoms with Crippen LogP contribution in [0.25, 0.3) is 11.4 Å². The van der Waals surface area contributed by atoms with Crippen molar-refractivity contribution >= 4 is 31.5 Å².